The van der Waals surface area contributed by atoms with Crippen molar-refractivity contribution < 1.29 is 9.53 Å². The second-order valence-corrected chi connectivity index (χ2v) is 2.01. The van der Waals surface area contributed by atoms with Crippen molar-refractivity contribution in [1.82, 2.24) is 0 Å². The fourth-order valence-corrected chi connectivity index (χ4v) is 0.444. The molecule has 0 bridgehead atoms. The Morgan fingerprint density at radius 3 is 3.00 bits per heavy atom. The Kier molecular flexibility index (Phi) is 6.11. The second kappa shape index (κ2) is 6.88. The molecule has 11 heavy (non-hydrogen) atoms. The molecule has 0 atom stereocenters. The minimum absolute atomic E-state index is 0.492. The van der Waals surface area contributed by atoms with Gasteiger partial charge in [-0.25, -0.2) is 4.79 Å². The van der Waals surface area contributed by atoms with Gasteiger partial charge in [0.1, 0.15) is 6.11 Å². The Hall–Kier alpha value is -1.23. The maximum Gasteiger partial charge on any atom is 0.344 e. The highest BCUT2D eigenvalue weighted by atomic mass is 16.5. The van der Waals surface area contributed by atoms with Gasteiger partial charge in [0, 0.05) is 12.5 Å². The van der Waals surface area contributed by atoms with Crippen LogP contribution in [0.25, 0.3) is 0 Å². The quantitative estimate of drug-likeness (QED) is 0.267. The van der Waals surface area contributed by atoms with Crippen LogP contribution in [-0.2, 0) is 9.53 Å². The Morgan fingerprint density at radius 1 is 1.73 bits per heavy atom. The predicted octanol–water partition coefficient (Wildman–Crippen LogP) is 1.87. The maximum absolute atomic E-state index is 10.4. The van der Waals surface area contributed by atoms with E-state index in [1.54, 1.807) is 0 Å². The summed E-state index contributed by atoms with van der Waals surface area (Å²) in [5, 5.41) is 0. The minimum atomic E-state index is -0.492. The lowest BCUT2D eigenvalue weighted by Crippen LogP contribution is -1.92. The van der Waals surface area contributed by atoms with Gasteiger partial charge in [-0.2, -0.15) is 0 Å². The van der Waals surface area contributed by atoms with Gasteiger partial charge in [0.05, 0.1) is 0 Å². The Bertz CT molecular complexity index is 183. The van der Waals surface area contributed by atoms with Gasteiger partial charge < -0.3 is 4.74 Å². The van der Waals surface area contributed by atoms with Crippen LogP contribution in [0.15, 0.2) is 12.7 Å². The molecular formula is C9H12O2. The first-order valence-corrected chi connectivity index (χ1v) is 3.62. The molecule has 0 spiro atoms. The van der Waals surface area contributed by atoms with Crippen molar-refractivity contribution in [1.29, 1.82) is 0 Å². The number of hydrogen-bond donors (Lipinski definition) is 0. The summed E-state index contributed by atoms with van der Waals surface area (Å²) < 4.78 is 4.42. The number of esters is 1. The smallest absolute Gasteiger partial charge is 0.344 e. The highest BCUT2D eigenvalue weighted by molar-refractivity contribution is 5.82. The average molecular weight is 152 g/mol. The van der Waals surface area contributed by atoms with E-state index < -0.39 is 5.97 Å². The van der Waals surface area contributed by atoms with E-state index in [9.17, 15) is 4.79 Å². The molecule has 2 heteroatoms. The molecule has 0 N–H and O–H groups in total. The molecule has 0 aromatic carbocycles. The van der Waals surface area contributed by atoms with Crippen molar-refractivity contribution in [2.45, 2.75) is 26.2 Å². The van der Waals surface area contributed by atoms with Gasteiger partial charge in [-0.3, -0.25) is 0 Å². The van der Waals surface area contributed by atoms with Crippen LogP contribution in [0.4, 0.5) is 0 Å². The van der Waals surface area contributed by atoms with E-state index >= 15 is 0 Å². The van der Waals surface area contributed by atoms with Crippen molar-refractivity contribution in [2.24, 2.45) is 0 Å². The fourth-order valence-electron chi connectivity index (χ4n) is 0.444. The standard InChI is InChI=1S/C9H12O2/c1-3-5-6-7-8-11-9(10)4-2/h4H,2-3,5-6H2,1H3. The predicted molar refractivity (Wildman–Crippen MR) is 43.6 cm³/mol. The van der Waals surface area contributed by atoms with Crippen LogP contribution in [0.1, 0.15) is 26.2 Å². The van der Waals surface area contributed by atoms with Crippen molar-refractivity contribution in [3.05, 3.63) is 12.7 Å². The van der Waals surface area contributed by atoms with Crippen LogP contribution in [0.2, 0.25) is 0 Å². The molecule has 0 saturated carbocycles. The Morgan fingerprint density at radius 2 is 2.45 bits per heavy atom. The topological polar surface area (TPSA) is 26.3 Å². The highest BCUT2D eigenvalue weighted by Gasteiger charge is 1.87. The summed E-state index contributed by atoms with van der Waals surface area (Å²) >= 11 is 0. The molecule has 0 aliphatic carbocycles. The third-order valence-corrected chi connectivity index (χ3v) is 1.05. The number of hydrogen-bond acceptors (Lipinski definition) is 2. The van der Waals surface area contributed by atoms with Crippen molar-refractivity contribution in [3.8, 4) is 12.0 Å². The van der Waals surface area contributed by atoms with E-state index in [4.69, 9.17) is 0 Å². The minimum Gasteiger partial charge on any atom is -0.369 e. The molecule has 0 aliphatic rings. The summed E-state index contributed by atoms with van der Waals surface area (Å²) in [5.41, 5.74) is 0. The molecule has 0 aliphatic heterocycles. The van der Waals surface area contributed by atoms with Gasteiger partial charge in [-0.05, 0) is 6.42 Å². The van der Waals surface area contributed by atoms with Crippen LogP contribution >= 0.6 is 0 Å². The summed E-state index contributed by atoms with van der Waals surface area (Å²) in [4.78, 5) is 10.4. The van der Waals surface area contributed by atoms with E-state index in [1.807, 2.05) is 0 Å². The molecule has 0 aromatic rings. The monoisotopic (exact) mass is 152 g/mol. The summed E-state index contributed by atoms with van der Waals surface area (Å²) in [6.07, 6.45) is 6.31. The molecular weight excluding hydrogens is 140 g/mol. The molecule has 0 amide bonds. The summed E-state index contributed by atoms with van der Waals surface area (Å²) in [6, 6.07) is 0. The zero-order valence-electron chi connectivity index (χ0n) is 6.72. The van der Waals surface area contributed by atoms with Crippen molar-refractivity contribution >= 4 is 5.97 Å². The number of carbonyl (C=O) groups is 1. The first-order chi connectivity index (χ1) is 5.31. The molecule has 0 radical (unpaired) electrons. The zero-order valence-corrected chi connectivity index (χ0v) is 6.72. The van der Waals surface area contributed by atoms with E-state index in [2.05, 4.69) is 30.3 Å². The van der Waals surface area contributed by atoms with Crippen LogP contribution < -0.4 is 0 Å². The first kappa shape index (κ1) is 9.77. The van der Waals surface area contributed by atoms with Gasteiger partial charge in [0.2, 0.25) is 0 Å². The molecule has 0 aromatic heterocycles. The summed E-state index contributed by atoms with van der Waals surface area (Å²) in [6.45, 7) is 5.31. The first-order valence-electron chi connectivity index (χ1n) is 3.62. The van der Waals surface area contributed by atoms with E-state index in [1.165, 1.54) is 0 Å². The van der Waals surface area contributed by atoms with Crippen LogP contribution in [0.3, 0.4) is 0 Å². The van der Waals surface area contributed by atoms with Gasteiger partial charge in [0.15, 0.2) is 0 Å². The SMILES string of the molecule is C=CC(=O)OC#CCCCC. The third kappa shape index (κ3) is 6.66. The van der Waals surface area contributed by atoms with Crippen LogP contribution in [0, 0.1) is 12.0 Å². The lowest BCUT2D eigenvalue weighted by Gasteiger charge is -1.85. The fraction of sp³-hybridized carbons (Fsp3) is 0.444. The number of carbonyl (C=O) groups excluding carboxylic acids is 1. The van der Waals surface area contributed by atoms with Crippen LogP contribution in [0.5, 0.6) is 0 Å². The van der Waals surface area contributed by atoms with Gasteiger partial charge in [-0.15, -0.1) is 0 Å². The second-order valence-electron chi connectivity index (χ2n) is 2.01. The largest absolute Gasteiger partial charge is 0.369 e. The number of rotatable bonds is 3. The molecule has 0 unspecified atom stereocenters. The third-order valence-electron chi connectivity index (χ3n) is 1.05. The lowest BCUT2D eigenvalue weighted by atomic mass is 10.3. The molecule has 2 nitrogen and oxygen atoms in total. The molecule has 60 valence electrons. The number of ether oxygens (including phenoxy) is 1. The summed E-state index contributed by atoms with van der Waals surface area (Å²) in [5.74, 6) is 2.22. The average Bonchev–Trinajstić information content (AvgIpc) is 2.04. The van der Waals surface area contributed by atoms with Gasteiger partial charge in [-0.1, -0.05) is 25.8 Å². The van der Waals surface area contributed by atoms with E-state index in [0.29, 0.717) is 0 Å². The summed E-state index contributed by atoms with van der Waals surface area (Å²) in [7, 11) is 0. The normalized spacial score (nSPS) is 7.73. The van der Waals surface area contributed by atoms with Gasteiger partial charge in [0.25, 0.3) is 0 Å². The maximum atomic E-state index is 10.4. The highest BCUT2D eigenvalue weighted by Crippen LogP contribution is 1.90. The lowest BCUT2D eigenvalue weighted by molar-refractivity contribution is -0.131. The zero-order chi connectivity index (χ0) is 8.53. The Labute approximate surface area is 67.2 Å². The van der Waals surface area contributed by atoms with Crippen LogP contribution in [-0.4, -0.2) is 5.97 Å². The molecule has 0 fully saturated rings. The van der Waals surface area contributed by atoms with Crippen molar-refractivity contribution in [2.75, 3.05) is 0 Å². The van der Waals surface area contributed by atoms with Crippen molar-refractivity contribution in [3.63, 3.8) is 0 Å². The van der Waals surface area contributed by atoms with E-state index in [0.717, 1.165) is 25.3 Å². The van der Waals surface area contributed by atoms with E-state index in [-0.39, 0.29) is 0 Å². The molecule has 0 saturated heterocycles. The number of unbranched alkanes of at least 4 members (excludes halogenated alkanes) is 2. The molecule has 0 rings (SSSR count). The molecule has 0 heterocycles. The Balaban J connectivity index is 3.39. The van der Waals surface area contributed by atoms with Gasteiger partial charge >= 0.3 is 5.97 Å².